The summed E-state index contributed by atoms with van der Waals surface area (Å²) in [6.07, 6.45) is 12.9. The van der Waals surface area contributed by atoms with E-state index in [1.165, 1.54) is 56.3 Å². The predicted molar refractivity (Wildman–Crippen MR) is 87.6 cm³/mol. The molecule has 1 unspecified atom stereocenters. The van der Waals surface area contributed by atoms with E-state index in [4.69, 9.17) is 16.2 Å². The van der Waals surface area contributed by atoms with E-state index in [1.54, 1.807) is 7.05 Å². The quantitative estimate of drug-likeness (QED) is 0.275. The molecule has 0 radical (unpaired) electrons. The van der Waals surface area contributed by atoms with Crippen molar-refractivity contribution in [2.75, 3.05) is 7.05 Å². The minimum atomic E-state index is -0.899. The van der Waals surface area contributed by atoms with Gasteiger partial charge in [0, 0.05) is 7.05 Å². The highest BCUT2D eigenvalue weighted by Crippen LogP contribution is 2.13. The molecule has 0 aromatic rings. The summed E-state index contributed by atoms with van der Waals surface area (Å²) in [5.74, 6) is -1.09. The van der Waals surface area contributed by atoms with Gasteiger partial charge < -0.3 is 15.7 Å². The normalized spacial score (nSPS) is 12.1. The van der Waals surface area contributed by atoms with Crippen molar-refractivity contribution >= 4 is 11.9 Å². The summed E-state index contributed by atoms with van der Waals surface area (Å²) in [4.78, 5) is 12.5. The number of likely N-dealkylation sites (N-methyl/N-ethyl adjacent to an activating group) is 1. The number of hydrogen-bond acceptors (Lipinski definition) is 2. The fourth-order valence-electron chi connectivity index (χ4n) is 2.48. The van der Waals surface area contributed by atoms with Crippen molar-refractivity contribution < 1.29 is 9.90 Å². The molecule has 4 N–H and O–H groups in total. The van der Waals surface area contributed by atoms with Crippen molar-refractivity contribution in [1.29, 1.82) is 5.41 Å². The zero-order valence-electron chi connectivity index (χ0n) is 13.7. The predicted octanol–water partition coefficient (Wildman–Crippen LogP) is 3.58. The molecule has 0 rings (SSSR count). The summed E-state index contributed by atoms with van der Waals surface area (Å²) in [5.41, 5.74) is 5.34. The van der Waals surface area contributed by atoms with Gasteiger partial charge in [-0.1, -0.05) is 71.1 Å². The van der Waals surface area contributed by atoms with Gasteiger partial charge in [0.2, 0.25) is 0 Å². The van der Waals surface area contributed by atoms with Crippen LogP contribution in [0.3, 0.4) is 0 Å². The van der Waals surface area contributed by atoms with E-state index in [9.17, 15) is 4.79 Å². The fourth-order valence-corrected chi connectivity index (χ4v) is 2.48. The van der Waals surface area contributed by atoms with Crippen LogP contribution in [-0.2, 0) is 4.79 Å². The molecule has 5 nitrogen and oxygen atoms in total. The van der Waals surface area contributed by atoms with Gasteiger partial charge >= 0.3 is 5.97 Å². The molecule has 0 aliphatic carbocycles. The molecule has 0 fully saturated rings. The van der Waals surface area contributed by atoms with Crippen LogP contribution in [0.1, 0.15) is 77.6 Å². The first-order chi connectivity index (χ1) is 10.0. The maximum absolute atomic E-state index is 11.1. The number of carboxylic acid groups (broad SMARTS) is 1. The standard InChI is InChI=1S/C16H33N3O2/c1-3-4-5-6-7-8-9-10-11-12-13-14(15(20)21)19(2)16(17)18/h14H,3-13H2,1-2H3,(H3,17,18)(H,20,21). The molecular weight excluding hydrogens is 266 g/mol. The number of unbranched alkanes of at least 4 members (excludes halogenated alkanes) is 9. The topological polar surface area (TPSA) is 90.4 Å². The Bertz CT molecular complexity index is 295. The third-order valence-electron chi connectivity index (χ3n) is 3.96. The molecule has 0 saturated heterocycles. The first-order valence-corrected chi connectivity index (χ1v) is 8.30. The number of aliphatic carboxylic acids is 1. The molecule has 0 aromatic carbocycles. The first kappa shape index (κ1) is 19.7. The van der Waals surface area contributed by atoms with E-state index in [0.29, 0.717) is 6.42 Å². The maximum Gasteiger partial charge on any atom is 0.326 e. The van der Waals surface area contributed by atoms with Gasteiger partial charge in [0.15, 0.2) is 5.96 Å². The molecule has 0 aromatic heterocycles. The Hall–Kier alpha value is -1.26. The van der Waals surface area contributed by atoms with Gasteiger partial charge in [0.05, 0.1) is 0 Å². The van der Waals surface area contributed by atoms with Crippen LogP contribution in [0.4, 0.5) is 0 Å². The van der Waals surface area contributed by atoms with Crippen LogP contribution in [0.25, 0.3) is 0 Å². The van der Waals surface area contributed by atoms with Crippen LogP contribution in [-0.4, -0.2) is 35.0 Å². The number of guanidine groups is 1. The Morgan fingerprint density at radius 3 is 1.86 bits per heavy atom. The summed E-state index contributed by atoms with van der Waals surface area (Å²) in [7, 11) is 1.57. The molecular formula is C16H33N3O2. The van der Waals surface area contributed by atoms with Crippen LogP contribution in [0.2, 0.25) is 0 Å². The molecule has 0 saturated carbocycles. The summed E-state index contributed by atoms with van der Waals surface area (Å²) >= 11 is 0. The van der Waals surface area contributed by atoms with Crippen molar-refractivity contribution in [3.8, 4) is 0 Å². The Labute approximate surface area is 129 Å². The van der Waals surface area contributed by atoms with E-state index in [-0.39, 0.29) is 5.96 Å². The average Bonchev–Trinajstić information content (AvgIpc) is 2.43. The first-order valence-electron chi connectivity index (χ1n) is 8.30. The van der Waals surface area contributed by atoms with E-state index < -0.39 is 12.0 Å². The Kier molecular flexibility index (Phi) is 11.7. The molecule has 0 heterocycles. The number of hydrogen-bond donors (Lipinski definition) is 3. The van der Waals surface area contributed by atoms with Gasteiger partial charge in [-0.3, -0.25) is 5.41 Å². The zero-order valence-corrected chi connectivity index (χ0v) is 13.7. The third kappa shape index (κ3) is 10.2. The van der Waals surface area contributed by atoms with Crippen LogP contribution in [0.5, 0.6) is 0 Å². The molecule has 1 atom stereocenters. The fraction of sp³-hybridized carbons (Fsp3) is 0.875. The molecule has 124 valence electrons. The number of nitrogens with two attached hydrogens (primary N) is 1. The van der Waals surface area contributed by atoms with Gasteiger partial charge in [-0.25, -0.2) is 4.79 Å². The maximum atomic E-state index is 11.1. The smallest absolute Gasteiger partial charge is 0.326 e. The van der Waals surface area contributed by atoms with Crippen LogP contribution < -0.4 is 5.73 Å². The third-order valence-corrected chi connectivity index (χ3v) is 3.96. The summed E-state index contributed by atoms with van der Waals surface area (Å²) in [6.45, 7) is 2.23. The number of rotatable bonds is 13. The summed E-state index contributed by atoms with van der Waals surface area (Å²) in [5, 5.41) is 16.4. The molecule has 5 heteroatoms. The Balaban J connectivity index is 3.59. The second-order valence-electron chi connectivity index (χ2n) is 5.82. The lowest BCUT2D eigenvalue weighted by Gasteiger charge is -2.24. The van der Waals surface area contributed by atoms with Crippen molar-refractivity contribution in [2.24, 2.45) is 5.73 Å². The molecule has 0 spiro atoms. The minimum absolute atomic E-state index is 0.186. The number of carbonyl (C=O) groups is 1. The van der Waals surface area contributed by atoms with Crippen molar-refractivity contribution in [3.05, 3.63) is 0 Å². The Morgan fingerprint density at radius 1 is 1.05 bits per heavy atom. The van der Waals surface area contributed by atoms with Crippen molar-refractivity contribution in [3.63, 3.8) is 0 Å². The summed E-state index contributed by atoms with van der Waals surface area (Å²) < 4.78 is 0. The highest BCUT2D eigenvalue weighted by atomic mass is 16.4. The van der Waals surface area contributed by atoms with Gasteiger partial charge in [-0.15, -0.1) is 0 Å². The van der Waals surface area contributed by atoms with Gasteiger partial charge in [-0.2, -0.15) is 0 Å². The SMILES string of the molecule is CCCCCCCCCCCCC(C(=O)O)N(C)C(=N)N. The number of nitrogens with zero attached hydrogens (tertiary/aromatic N) is 1. The molecule has 0 aliphatic rings. The molecule has 0 aliphatic heterocycles. The molecule has 21 heavy (non-hydrogen) atoms. The second kappa shape index (κ2) is 12.5. The Morgan fingerprint density at radius 2 is 1.48 bits per heavy atom. The highest BCUT2D eigenvalue weighted by molar-refractivity contribution is 5.82. The van der Waals surface area contributed by atoms with Crippen molar-refractivity contribution in [1.82, 2.24) is 4.90 Å². The minimum Gasteiger partial charge on any atom is -0.480 e. The summed E-state index contributed by atoms with van der Waals surface area (Å²) in [6, 6.07) is -0.670. The largest absolute Gasteiger partial charge is 0.480 e. The van der Waals surface area contributed by atoms with Crippen LogP contribution in [0.15, 0.2) is 0 Å². The lowest BCUT2D eigenvalue weighted by molar-refractivity contribution is -0.141. The van der Waals surface area contributed by atoms with Gasteiger partial charge in [-0.05, 0) is 6.42 Å². The van der Waals surface area contributed by atoms with Gasteiger partial charge in [0.1, 0.15) is 6.04 Å². The molecule has 0 amide bonds. The van der Waals surface area contributed by atoms with E-state index in [1.807, 2.05) is 0 Å². The average molecular weight is 299 g/mol. The van der Waals surface area contributed by atoms with E-state index >= 15 is 0 Å². The lowest BCUT2D eigenvalue weighted by atomic mass is 10.0. The monoisotopic (exact) mass is 299 g/mol. The van der Waals surface area contributed by atoms with Crippen molar-refractivity contribution in [2.45, 2.75) is 83.6 Å². The van der Waals surface area contributed by atoms with Crippen LogP contribution in [0, 0.1) is 5.41 Å². The zero-order chi connectivity index (χ0) is 16.1. The van der Waals surface area contributed by atoms with E-state index in [0.717, 1.165) is 12.8 Å². The highest BCUT2D eigenvalue weighted by Gasteiger charge is 2.22. The van der Waals surface area contributed by atoms with Gasteiger partial charge in [0.25, 0.3) is 0 Å². The molecule has 0 bridgehead atoms. The number of carboxylic acids is 1. The van der Waals surface area contributed by atoms with E-state index in [2.05, 4.69) is 6.92 Å². The second-order valence-corrected chi connectivity index (χ2v) is 5.82. The van der Waals surface area contributed by atoms with Crippen LogP contribution >= 0.6 is 0 Å². The lowest BCUT2D eigenvalue weighted by Crippen LogP contribution is -2.45. The number of nitrogens with one attached hydrogen (secondary N) is 1.